The van der Waals surface area contributed by atoms with Crippen molar-refractivity contribution in [3.63, 3.8) is 0 Å². The van der Waals surface area contributed by atoms with E-state index in [2.05, 4.69) is 10.6 Å². The summed E-state index contributed by atoms with van der Waals surface area (Å²) in [6.07, 6.45) is 0. The van der Waals surface area contributed by atoms with Gasteiger partial charge >= 0.3 is 18.0 Å². The average molecular weight is 380 g/mol. The van der Waals surface area contributed by atoms with E-state index in [-0.39, 0.29) is 5.75 Å². The molecular weight excluding hydrogens is 360 g/mol. The van der Waals surface area contributed by atoms with Crippen molar-refractivity contribution in [1.82, 2.24) is 16.0 Å². The molecule has 0 aliphatic rings. The zero-order chi connectivity index (χ0) is 19.6. The first kappa shape index (κ1) is 22.6. The van der Waals surface area contributed by atoms with Crippen LogP contribution in [0.2, 0.25) is 0 Å². The zero-order valence-electron chi connectivity index (χ0n) is 13.2. The highest BCUT2D eigenvalue weighted by Crippen LogP contribution is 2.10. The number of hydrogen-bond acceptors (Lipinski definition) is 8. The van der Waals surface area contributed by atoms with Gasteiger partial charge in [-0.15, -0.1) is 11.8 Å². The van der Waals surface area contributed by atoms with Gasteiger partial charge in [0.05, 0.1) is 0 Å². The van der Waals surface area contributed by atoms with Crippen LogP contribution in [0, 0.1) is 0 Å². The van der Waals surface area contributed by atoms with E-state index in [1.807, 2.05) is 5.32 Å². The minimum absolute atomic E-state index is 0.232. The number of nitrogens with one attached hydrogen (secondary N) is 3. The van der Waals surface area contributed by atoms with E-state index in [4.69, 9.17) is 15.9 Å². The minimum Gasteiger partial charge on any atom is -0.480 e. The number of carboxylic acids is 2. The lowest BCUT2D eigenvalue weighted by molar-refractivity contribution is -0.138. The molecule has 8 N–H and O–H groups in total. The minimum atomic E-state index is -1.42. The summed E-state index contributed by atoms with van der Waals surface area (Å²) in [6.45, 7) is 0.0287. The van der Waals surface area contributed by atoms with Crippen LogP contribution in [0.3, 0.4) is 0 Å². The van der Waals surface area contributed by atoms with Crippen LogP contribution in [-0.2, 0) is 19.2 Å². The Balaban J connectivity index is 4.72. The summed E-state index contributed by atoms with van der Waals surface area (Å²) in [5.41, 5.74) is 3.79. The van der Waals surface area contributed by atoms with Crippen LogP contribution in [0.25, 0.3) is 0 Å². The maximum absolute atomic E-state index is 11.9. The van der Waals surface area contributed by atoms with Crippen LogP contribution in [0.4, 0.5) is 4.79 Å². The molecule has 0 bridgehead atoms. The molecule has 0 radical (unpaired) electrons. The van der Waals surface area contributed by atoms with E-state index in [0.29, 0.717) is 11.8 Å². The molecule has 0 saturated heterocycles. The van der Waals surface area contributed by atoms with Crippen molar-refractivity contribution in [2.24, 2.45) is 5.73 Å². The molecular formula is C12H20N4O8S. The van der Waals surface area contributed by atoms with Crippen molar-refractivity contribution in [2.45, 2.75) is 24.4 Å². The first-order valence-corrected chi connectivity index (χ1v) is 7.91. The van der Waals surface area contributed by atoms with Crippen LogP contribution >= 0.6 is 11.8 Å². The first-order valence-electron chi connectivity index (χ1n) is 6.87. The SMILES string of the molecule is CC(=O)C(O)SC[C@H](NC(=O)NC[C@H](N)C(=O)O)C(=O)NCC(=O)O. The number of nitrogens with two attached hydrogens (primary N) is 1. The molecule has 0 spiro atoms. The number of thioether (sulfide) groups is 1. The second kappa shape index (κ2) is 11.2. The highest BCUT2D eigenvalue weighted by atomic mass is 32.2. The Morgan fingerprint density at radius 1 is 1.12 bits per heavy atom. The van der Waals surface area contributed by atoms with Gasteiger partial charge in [-0.05, 0) is 6.92 Å². The summed E-state index contributed by atoms with van der Waals surface area (Å²) in [7, 11) is 0. The Hall–Kier alpha value is -2.38. The summed E-state index contributed by atoms with van der Waals surface area (Å²) in [5.74, 6) is -4.29. The number of carbonyl (C=O) groups is 5. The molecule has 1 unspecified atom stereocenters. The van der Waals surface area contributed by atoms with E-state index < -0.39 is 60.3 Å². The van der Waals surface area contributed by atoms with Gasteiger partial charge in [0.15, 0.2) is 11.2 Å². The summed E-state index contributed by atoms with van der Waals surface area (Å²) in [5, 5.41) is 32.9. The third-order valence-corrected chi connectivity index (χ3v) is 3.78. The van der Waals surface area contributed by atoms with Gasteiger partial charge in [-0.1, -0.05) is 0 Å². The van der Waals surface area contributed by atoms with Crippen LogP contribution in [0.1, 0.15) is 6.92 Å². The number of amides is 3. The average Bonchev–Trinajstić information content (AvgIpc) is 2.53. The van der Waals surface area contributed by atoms with Gasteiger partial charge in [-0.25, -0.2) is 4.79 Å². The monoisotopic (exact) mass is 380 g/mol. The highest BCUT2D eigenvalue weighted by molar-refractivity contribution is 8.00. The number of ketones is 1. The van der Waals surface area contributed by atoms with E-state index >= 15 is 0 Å². The molecule has 0 fully saturated rings. The van der Waals surface area contributed by atoms with Crippen molar-refractivity contribution in [3.8, 4) is 0 Å². The van der Waals surface area contributed by atoms with Crippen LogP contribution in [0.5, 0.6) is 0 Å². The Kier molecular flexibility index (Phi) is 10.2. The van der Waals surface area contributed by atoms with Crippen molar-refractivity contribution in [3.05, 3.63) is 0 Å². The molecule has 0 aromatic carbocycles. The molecule has 0 aliphatic heterocycles. The molecule has 0 heterocycles. The fourth-order valence-corrected chi connectivity index (χ4v) is 2.12. The number of carboxylic acid groups (broad SMARTS) is 2. The second-order valence-corrected chi connectivity index (χ2v) is 5.87. The fourth-order valence-electron chi connectivity index (χ4n) is 1.27. The van der Waals surface area contributed by atoms with Gasteiger partial charge < -0.3 is 37.0 Å². The third-order valence-electron chi connectivity index (χ3n) is 2.60. The highest BCUT2D eigenvalue weighted by Gasteiger charge is 2.24. The molecule has 12 nitrogen and oxygen atoms in total. The largest absolute Gasteiger partial charge is 0.480 e. The Labute approximate surface area is 146 Å². The van der Waals surface area contributed by atoms with E-state index in [1.54, 1.807) is 0 Å². The number of rotatable bonds is 11. The Bertz CT molecular complexity index is 529. The third kappa shape index (κ3) is 10.2. The van der Waals surface area contributed by atoms with E-state index in [9.17, 15) is 29.1 Å². The topological polar surface area (TPSA) is 208 Å². The zero-order valence-corrected chi connectivity index (χ0v) is 14.0. The number of carbonyl (C=O) groups excluding carboxylic acids is 3. The summed E-state index contributed by atoms with van der Waals surface area (Å²) >= 11 is 0.663. The maximum Gasteiger partial charge on any atom is 0.322 e. The molecule has 0 aromatic rings. The normalized spacial score (nSPS) is 13.9. The van der Waals surface area contributed by atoms with Gasteiger partial charge in [0.25, 0.3) is 0 Å². The first-order chi connectivity index (χ1) is 11.5. The van der Waals surface area contributed by atoms with Gasteiger partial charge in [0, 0.05) is 12.3 Å². The van der Waals surface area contributed by atoms with Crippen LogP contribution < -0.4 is 21.7 Å². The fraction of sp³-hybridized carbons (Fsp3) is 0.583. The second-order valence-electron chi connectivity index (χ2n) is 4.76. The van der Waals surface area contributed by atoms with Crippen LogP contribution in [0.15, 0.2) is 0 Å². The van der Waals surface area contributed by atoms with Gasteiger partial charge in [-0.2, -0.15) is 0 Å². The number of urea groups is 1. The Morgan fingerprint density at radius 3 is 2.20 bits per heavy atom. The molecule has 3 atom stereocenters. The number of aliphatic hydroxyl groups is 1. The summed E-state index contributed by atoms with van der Waals surface area (Å²) in [4.78, 5) is 55.6. The molecule has 142 valence electrons. The number of Topliss-reactive ketones (excluding diaryl/α,β-unsaturated/α-hetero) is 1. The molecule has 25 heavy (non-hydrogen) atoms. The lowest BCUT2D eigenvalue weighted by atomic mass is 10.3. The van der Waals surface area contributed by atoms with E-state index in [1.165, 1.54) is 0 Å². The summed E-state index contributed by atoms with van der Waals surface area (Å²) < 4.78 is 0. The molecule has 13 heteroatoms. The lowest BCUT2D eigenvalue weighted by Crippen LogP contribution is -2.54. The van der Waals surface area contributed by atoms with Crippen molar-refractivity contribution in [1.29, 1.82) is 0 Å². The number of aliphatic hydroxyl groups excluding tert-OH is 1. The smallest absolute Gasteiger partial charge is 0.322 e. The molecule has 0 aliphatic carbocycles. The van der Waals surface area contributed by atoms with Gasteiger partial charge in [-0.3, -0.25) is 19.2 Å². The predicted molar refractivity (Wildman–Crippen MR) is 85.7 cm³/mol. The number of aliphatic carboxylic acids is 2. The van der Waals surface area contributed by atoms with E-state index in [0.717, 1.165) is 6.92 Å². The standard InChI is InChI=1S/C12H20N4O8S/c1-5(17)11(23)25-4-7(9(20)14-3-8(18)19)16-12(24)15-2-6(13)10(21)22/h6-7,11,23H,2-4,13H2,1H3,(H,14,20)(H,18,19)(H,21,22)(H2,15,16,24)/t6-,7-,11?/m0/s1. The molecule has 0 saturated carbocycles. The van der Waals surface area contributed by atoms with Crippen molar-refractivity contribution < 1.29 is 39.3 Å². The molecule has 0 rings (SSSR count). The molecule has 0 aromatic heterocycles. The van der Waals surface area contributed by atoms with Crippen molar-refractivity contribution >= 4 is 41.4 Å². The Morgan fingerprint density at radius 2 is 1.72 bits per heavy atom. The lowest BCUT2D eigenvalue weighted by Gasteiger charge is -2.19. The van der Waals surface area contributed by atoms with Crippen LogP contribution in [-0.4, -0.2) is 81.3 Å². The predicted octanol–water partition coefficient (Wildman–Crippen LogP) is -3.09. The number of hydrogen-bond donors (Lipinski definition) is 7. The van der Waals surface area contributed by atoms with Crippen molar-refractivity contribution in [2.75, 3.05) is 18.8 Å². The van der Waals surface area contributed by atoms with Gasteiger partial charge in [0.1, 0.15) is 18.6 Å². The molecule has 3 amide bonds. The summed E-state index contributed by atoms with van der Waals surface area (Å²) in [6, 6.07) is -3.55. The maximum atomic E-state index is 11.9. The van der Waals surface area contributed by atoms with Gasteiger partial charge in [0.2, 0.25) is 5.91 Å². The quantitative estimate of drug-likeness (QED) is 0.180.